The Morgan fingerprint density at radius 3 is 2.43 bits per heavy atom. The second kappa shape index (κ2) is 6.93. The number of amides is 1. The fourth-order valence-corrected chi connectivity index (χ4v) is 1.85. The number of nitrogens with one attached hydrogen (secondary N) is 1. The van der Waals surface area contributed by atoms with Gasteiger partial charge >= 0.3 is 6.18 Å². The van der Waals surface area contributed by atoms with E-state index in [1.165, 1.54) is 18.2 Å². The lowest BCUT2D eigenvalue weighted by Crippen LogP contribution is -2.39. The van der Waals surface area contributed by atoms with E-state index in [9.17, 15) is 23.1 Å². The molecule has 0 bridgehead atoms. The number of hydrogen-bond acceptors (Lipinski definition) is 2. The van der Waals surface area contributed by atoms with Gasteiger partial charge in [-0.1, -0.05) is 43.7 Å². The molecule has 0 aliphatic carbocycles. The highest BCUT2D eigenvalue weighted by molar-refractivity contribution is 5.77. The maximum Gasteiger partial charge on any atom is 0.412 e. The van der Waals surface area contributed by atoms with Crippen LogP contribution in [0.5, 0.6) is 0 Å². The molecular formula is C15H20F3NO2. The van der Waals surface area contributed by atoms with Crippen molar-refractivity contribution in [3.63, 3.8) is 0 Å². The summed E-state index contributed by atoms with van der Waals surface area (Å²) in [6.45, 7) is 5.07. The third-order valence-corrected chi connectivity index (χ3v) is 3.17. The van der Waals surface area contributed by atoms with Crippen LogP contribution < -0.4 is 5.32 Å². The zero-order chi connectivity index (χ0) is 16.2. The maximum atomic E-state index is 13.1. The van der Waals surface area contributed by atoms with Crippen molar-refractivity contribution in [2.45, 2.75) is 45.5 Å². The minimum absolute atomic E-state index is 0.0186. The molecule has 6 heteroatoms. The number of carbonyl (C=O) groups is 1. The first kappa shape index (κ1) is 17.5. The largest absolute Gasteiger partial charge is 0.412 e. The van der Waals surface area contributed by atoms with E-state index in [4.69, 9.17) is 0 Å². The molecule has 1 amide bonds. The minimum Gasteiger partial charge on any atom is -0.392 e. The van der Waals surface area contributed by atoms with Crippen molar-refractivity contribution in [2.75, 3.05) is 0 Å². The lowest BCUT2D eigenvalue weighted by Gasteiger charge is -2.23. The van der Waals surface area contributed by atoms with E-state index in [0.717, 1.165) is 0 Å². The smallest absolute Gasteiger partial charge is 0.392 e. The second-order valence-corrected chi connectivity index (χ2v) is 5.47. The van der Waals surface area contributed by atoms with E-state index in [1.807, 2.05) is 5.32 Å². The number of carbonyl (C=O) groups excluding carboxylic acids is 1. The molecule has 0 aliphatic heterocycles. The predicted molar refractivity (Wildman–Crippen MR) is 73.6 cm³/mol. The highest BCUT2D eigenvalue weighted by Gasteiger charge is 2.42. The number of aryl methyl sites for hydroxylation is 1. The molecule has 0 fully saturated rings. The van der Waals surface area contributed by atoms with Crippen LogP contribution in [0.2, 0.25) is 0 Å². The summed E-state index contributed by atoms with van der Waals surface area (Å²) in [5, 5.41) is 11.5. The SMILES string of the molecule is Cc1cccc(C(NC(=O)CC(O)C(C)C)C(F)(F)F)c1. The van der Waals surface area contributed by atoms with E-state index in [0.29, 0.717) is 5.56 Å². The number of benzene rings is 1. The summed E-state index contributed by atoms with van der Waals surface area (Å²) < 4.78 is 39.3. The molecule has 1 aromatic rings. The third-order valence-electron chi connectivity index (χ3n) is 3.17. The van der Waals surface area contributed by atoms with Gasteiger partial charge < -0.3 is 10.4 Å². The molecular weight excluding hydrogens is 283 g/mol. The first-order valence-electron chi connectivity index (χ1n) is 6.72. The highest BCUT2D eigenvalue weighted by Crippen LogP contribution is 2.33. The number of alkyl halides is 3. The average Bonchev–Trinajstić information content (AvgIpc) is 2.34. The van der Waals surface area contributed by atoms with Crippen LogP contribution in [0.4, 0.5) is 13.2 Å². The number of halogens is 3. The molecule has 1 aromatic carbocycles. The van der Waals surface area contributed by atoms with Gasteiger partial charge in [0.2, 0.25) is 5.91 Å². The summed E-state index contributed by atoms with van der Waals surface area (Å²) in [4.78, 5) is 11.7. The number of aliphatic hydroxyl groups excluding tert-OH is 1. The van der Waals surface area contributed by atoms with E-state index >= 15 is 0 Å². The van der Waals surface area contributed by atoms with E-state index < -0.39 is 24.2 Å². The summed E-state index contributed by atoms with van der Waals surface area (Å²) in [7, 11) is 0. The van der Waals surface area contributed by atoms with Gasteiger partial charge in [-0.2, -0.15) is 13.2 Å². The highest BCUT2D eigenvalue weighted by atomic mass is 19.4. The Hall–Kier alpha value is -1.56. The predicted octanol–water partition coefficient (Wildman–Crippen LogP) is 3.12. The normalized spacial score (nSPS) is 14.9. The number of rotatable bonds is 5. The van der Waals surface area contributed by atoms with Crippen LogP contribution in [0.3, 0.4) is 0 Å². The van der Waals surface area contributed by atoms with Gasteiger partial charge in [0.05, 0.1) is 12.5 Å². The Morgan fingerprint density at radius 2 is 1.95 bits per heavy atom. The van der Waals surface area contributed by atoms with Crippen molar-refractivity contribution < 1.29 is 23.1 Å². The summed E-state index contributed by atoms with van der Waals surface area (Å²) in [5.41, 5.74) is 0.660. The first-order chi connectivity index (χ1) is 9.61. The molecule has 0 aromatic heterocycles. The van der Waals surface area contributed by atoms with Crippen LogP contribution in [-0.4, -0.2) is 23.3 Å². The van der Waals surface area contributed by atoms with Crippen LogP contribution in [0, 0.1) is 12.8 Å². The van der Waals surface area contributed by atoms with Crippen molar-refractivity contribution in [2.24, 2.45) is 5.92 Å². The van der Waals surface area contributed by atoms with Crippen LogP contribution in [0.15, 0.2) is 24.3 Å². The van der Waals surface area contributed by atoms with Gasteiger partial charge in [0, 0.05) is 0 Å². The first-order valence-corrected chi connectivity index (χ1v) is 6.72. The lowest BCUT2D eigenvalue weighted by molar-refractivity contribution is -0.164. The molecule has 0 aliphatic rings. The molecule has 0 saturated heterocycles. The monoisotopic (exact) mass is 303 g/mol. The van der Waals surface area contributed by atoms with Crippen LogP contribution >= 0.6 is 0 Å². The molecule has 1 rings (SSSR count). The van der Waals surface area contributed by atoms with Gasteiger partial charge in [0.15, 0.2) is 6.04 Å². The molecule has 2 N–H and O–H groups in total. The summed E-state index contributed by atoms with van der Waals surface area (Å²) in [5.74, 6) is -1.01. The second-order valence-electron chi connectivity index (χ2n) is 5.47. The molecule has 118 valence electrons. The Balaban J connectivity index is 2.88. The van der Waals surface area contributed by atoms with E-state index in [2.05, 4.69) is 0 Å². The molecule has 0 spiro atoms. The minimum atomic E-state index is -4.59. The average molecular weight is 303 g/mol. The number of aliphatic hydroxyl groups is 1. The lowest BCUT2D eigenvalue weighted by atomic mass is 10.0. The van der Waals surface area contributed by atoms with Gasteiger partial charge in [0.25, 0.3) is 0 Å². The Labute approximate surface area is 122 Å². The van der Waals surface area contributed by atoms with Gasteiger partial charge in [0.1, 0.15) is 0 Å². The molecule has 2 atom stereocenters. The zero-order valence-corrected chi connectivity index (χ0v) is 12.2. The standard InChI is InChI=1S/C15H20F3NO2/c1-9(2)12(20)8-13(21)19-14(15(16,17)18)11-6-4-5-10(3)7-11/h4-7,9,12,14,20H,8H2,1-3H3,(H,19,21). The molecule has 2 unspecified atom stereocenters. The third kappa shape index (κ3) is 5.38. The molecule has 21 heavy (non-hydrogen) atoms. The maximum absolute atomic E-state index is 13.1. The van der Waals surface area contributed by atoms with Crippen molar-refractivity contribution in [1.82, 2.24) is 5.32 Å². The Bertz CT molecular complexity index is 486. The summed E-state index contributed by atoms with van der Waals surface area (Å²) >= 11 is 0. The van der Waals surface area contributed by atoms with Gasteiger partial charge in [-0.15, -0.1) is 0 Å². The molecule has 3 nitrogen and oxygen atoms in total. The Kier molecular flexibility index (Phi) is 5.78. The summed E-state index contributed by atoms with van der Waals surface area (Å²) in [6.07, 6.45) is -5.90. The van der Waals surface area contributed by atoms with Crippen LogP contribution in [0.25, 0.3) is 0 Å². The molecule has 0 saturated carbocycles. The van der Waals surface area contributed by atoms with E-state index in [1.54, 1.807) is 26.8 Å². The summed E-state index contributed by atoms with van der Waals surface area (Å²) in [6, 6.07) is 3.84. The van der Waals surface area contributed by atoms with Gasteiger partial charge in [-0.3, -0.25) is 4.79 Å². The Morgan fingerprint density at radius 1 is 1.33 bits per heavy atom. The van der Waals surface area contributed by atoms with Crippen molar-refractivity contribution >= 4 is 5.91 Å². The van der Waals surface area contributed by atoms with Crippen molar-refractivity contribution in [3.05, 3.63) is 35.4 Å². The fraction of sp³-hybridized carbons (Fsp3) is 0.533. The quantitative estimate of drug-likeness (QED) is 0.878. The van der Waals surface area contributed by atoms with Crippen molar-refractivity contribution in [3.8, 4) is 0 Å². The van der Waals surface area contributed by atoms with Crippen LogP contribution in [-0.2, 0) is 4.79 Å². The number of hydrogen-bond donors (Lipinski definition) is 2. The van der Waals surface area contributed by atoms with Crippen molar-refractivity contribution in [1.29, 1.82) is 0 Å². The van der Waals surface area contributed by atoms with Gasteiger partial charge in [-0.05, 0) is 18.4 Å². The van der Waals surface area contributed by atoms with Crippen LogP contribution in [0.1, 0.15) is 37.4 Å². The molecule has 0 radical (unpaired) electrons. The van der Waals surface area contributed by atoms with E-state index in [-0.39, 0.29) is 17.9 Å². The van der Waals surface area contributed by atoms with Gasteiger partial charge in [-0.25, -0.2) is 0 Å². The molecule has 0 heterocycles. The topological polar surface area (TPSA) is 49.3 Å². The fourth-order valence-electron chi connectivity index (χ4n) is 1.85. The zero-order valence-electron chi connectivity index (χ0n) is 12.2.